The van der Waals surface area contributed by atoms with Gasteiger partial charge in [0.15, 0.2) is 0 Å². The Bertz CT molecular complexity index is 1000. The molecule has 1 aromatic heterocycles. The number of aromatic nitrogens is 3. The van der Waals surface area contributed by atoms with E-state index in [2.05, 4.69) is 10.1 Å². The van der Waals surface area contributed by atoms with Gasteiger partial charge < -0.3 is 4.74 Å². The standard InChI is InChI=1S/C21H22N4O4/c1-4-19(21(2,3)16-8-6-5-7-9-16)29-20(26)15-10-11-17(18(12-15)25(27)28)24-14-22-13-23-24/h5-14,19H,4H2,1-3H3. The van der Waals surface area contributed by atoms with Gasteiger partial charge in [0, 0.05) is 11.5 Å². The number of hydrogen-bond acceptors (Lipinski definition) is 6. The molecule has 3 aromatic rings. The van der Waals surface area contributed by atoms with Crippen molar-refractivity contribution in [2.45, 2.75) is 38.7 Å². The van der Waals surface area contributed by atoms with E-state index < -0.39 is 22.4 Å². The molecular formula is C21H22N4O4. The fraction of sp³-hybridized carbons (Fsp3) is 0.286. The van der Waals surface area contributed by atoms with Gasteiger partial charge in [-0.15, -0.1) is 0 Å². The molecule has 0 fully saturated rings. The first-order valence-electron chi connectivity index (χ1n) is 9.24. The molecule has 8 heteroatoms. The van der Waals surface area contributed by atoms with Crippen LogP contribution in [0.25, 0.3) is 5.69 Å². The second-order valence-electron chi connectivity index (χ2n) is 7.19. The van der Waals surface area contributed by atoms with Crippen LogP contribution in [0.3, 0.4) is 0 Å². The number of nitro groups is 1. The third-order valence-electron chi connectivity index (χ3n) is 5.02. The molecule has 0 aliphatic rings. The van der Waals surface area contributed by atoms with Crippen molar-refractivity contribution in [2.75, 3.05) is 0 Å². The topological polar surface area (TPSA) is 100 Å². The Morgan fingerprint density at radius 2 is 1.97 bits per heavy atom. The Hall–Kier alpha value is -3.55. The minimum Gasteiger partial charge on any atom is -0.458 e. The zero-order valence-electron chi connectivity index (χ0n) is 16.5. The van der Waals surface area contributed by atoms with Gasteiger partial charge in [-0.05, 0) is 24.1 Å². The van der Waals surface area contributed by atoms with Crippen LogP contribution in [0, 0.1) is 10.1 Å². The number of rotatable bonds is 7. The minimum absolute atomic E-state index is 0.114. The maximum atomic E-state index is 12.8. The SMILES string of the molecule is CCC(OC(=O)c1ccc(-n2cncn2)c([N+](=O)[O-])c1)C(C)(C)c1ccccc1. The molecular weight excluding hydrogens is 372 g/mol. The Morgan fingerprint density at radius 1 is 1.24 bits per heavy atom. The first kappa shape index (κ1) is 20.2. The largest absolute Gasteiger partial charge is 0.458 e. The van der Waals surface area contributed by atoms with Crippen molar-refractivity contribution in [3.8, 4) is 5.69 Å². The summed E-state index contributed by atoms with van der Waals surface area (Å²) in [6, 6.07) is 14.0. The molecule has 2 aromatic carbocycles. The van der Waals surface area contributed by atoms with Crippen LogP contribution in [-0.2, 0) is 10.2 Å². The highest BCUT2D eigenvalue weighted by Gasteiger charge is 2.33. The Labute approximate surface area is 168 Å². The summed E-state index contributed by atoms with van der Waals surface area (Å²) in [4.78, 5) is 27.5. The van der Waals surface area contributed by atoms with Crippen molar-refractivity contribution in [1.29, 1.82) is 0 Å². The van der Waals surface area contributed by atoms with Crippen molar-refractivity contribution in [2.24, 2.45) is 0 Å². The molecule has 0 spiro atoms. The van der Waals surface area contributed by atoms with Gasteiger partial charge in [-0.3, -0.25) is 10.1 Å². The molecule has 8 nitrogen and oxygen atoms in total. The lowest BCUT2D eigenvalue weighted by molar-refractivity contribution is -0.384. The van der Waals surface area contributed by atoms with Crippen LogP contribution in [0.5, 0.6) is 0 Å². The number of carbonyl (C=O) groups excluding carboxylic acids is 1. The van der Waals surface area contributed by atoms with Gasteiger partial charge in [0.05, 0.1) is 10.5 Å². The number of carbonyl (C=O) groups is 1. The molecule has 0 bridgehead atoms. The molecule has 0 saturated heterocycles. The van der Waals surface area contributed by atoms with Crippen LogP contribution >= 0.6 is 0 Å². The van der Waals surface area contributed by atoms with Gasteiger partial charge in [-0.2, -0.15) is 5.10 Å². The zero-order valence-corrected chi connectivity index (χ0v) is 16.5. The Morgan fingerprint density at radius 3 is 2.55 bits per heavy atom. The van der Waals surface area contributed by atoms with Crippen LogP contribution in [0.2, 0.25) is 0 Å². The van der Waals surface area contributed by atoms with E-state index in [0.29, 0.717) is 6.42 Å². The molecule has 1 unspecified atom stereocenters. The predicted octanol–water partition coefficient (Wildman–Crippen LogP) is 4.09. The molecule has 0 aliphatic heterocycles. The monoisotopic (exact) mass is 394 g/mol. The summed E-state index contributed by atoms with van der Waals surface area (Å²) < 4.78 is 7.05. The summed E-state index contributed by atoms with van der Waals surface area (Å²) in [5, 5.41) is 15.4. The summed E-state index contributed by atoms with van der Waals surface area (Å²) in [5.41, 5.74) is 0.717. The van der Waals surface area contributed by atoms with E-state index >= 15 is 0 Å². The molecule has 0 saturated carbocycles. The van der Waals surface area contributed by atoms with Crippen LogP contribution in [0.15, 0.2) is 61.2 Å². The number of hydrogen-bond donors (Lipinski definition) is 0. The number of nitro benzene ring substituents is 1. The van der Waals surface area contributed by atoms with Gasteiger partial charge in [0.25, 0.3) is 5.69 Å². The minimum atomic E-state index is -0.603. The van der Waals surface area contributed by atoms with Gasteiger partial charge in [0.2, 0.25) is 0 Å². The van der Waals surface area contributed by atoms with Crippen molar-refractivity contribution in [3.63, 3.8) is 0 Å². The Balaban J connectivity index is 1.88. The first-order valence-corrected chi connectivity index (χ1v) is 9.24. The molecule has 29 heavy (non-hydrogen) atoms. The molecule has 150 valence electrons. The number of benzene rings is 2. The average Bonchev–Trinajstić information content (AvgIpc) is 3.26. The third-order valence-corrected chi connectivity index (χ3v) is 5.02. The van der Waals surface area contributed by atoms with E-state index in [0.717, 1.165) is 5.56 Å². The summed E-state index contributed by atoms with van der Waals surface area (Å²) in [6.45, 7) is 5.97. The van der Waals surface area contributed by atoms with E-state index in [4.69, 9.17) is 4.74 Å². The average molecular weight is 394 g/mol. The van der Waals surface area contributed by atoms with Gasteiger partial charge in [-0.25, -0.2) is 14.5 Å². The highest BCUT2D eigenvalue weighted by atomic mass is 16.6. The molecule has 3 rings (SSSR count). The van der Waals surface area contributed by atoms with Crippen molar-refractivity contribution < 1.29 is 14.5 Å². The lowest BCUT2D eigenvalue weighted by atomic mass is 9.78. The summed E-state index contributed by atoms with van der Waals surface area (Å²) in [7, 11) is 0. The molecule has 0 amide bonds. The van der Waals surface area contributed by atoms with Gasteiger partial charge in [0.1, 0.15) is 24.4 Å². The second kappa shape index (κ2) is 8.22. The normalized spacial score (nSPS) is 12.4. The molecule has 0 N–H and O–H groups in total. The second-order valence-corrected chi connectivity index (χ2v) is 7.19. The quantitative estimate of drug-likeness (QED) is 0.340. The highest BCUT2D eigenvalue weighted by Crippen LogP contribution is 2.32. The number of ether oxygens (including phenoxy) is 1. The maximum Gasteiger partial charge on any atom is 0.338 e. The van der Waals surface area contributed by atoms with E-state index in [9.17, 15) is 14.9 Å². The lowest BCUT2D eigenvalue weighted by Crippen LogP contribution is -2.37. The van der Waals surface area contributed by atoms with Crippen LogP contribution in [-0.4, -0.2) is 31.8 Å². The van der Waals surface area contributed by atoms with Crippen molar-refractivity contribution in [1.82, 2.24) is 14.8 Å². The molecule has 1 heterocycles. The van der Waals surface area contributed by atoms with Crippen LogP contribution in [0.1, 0.15) is 43.1 Å². The van der Waals surface area contributed by atoms with E-state index in [-0.39, 0.29) is 16.9 Å². The Kier molecular flexibility index (Phi) is 5.72. The van der Waals surface area contributed by atoms with Gasteiger partial charge in [-0.1, -0.05) is 51.1 Å². The van der Waals surface area contributed by atoms with E-state index in [1.54, 1.807) is 0 Å². The first-order chi connectivity index (χ1) is 13.8. The lowest BCUT2D eigenvalue weighted by Gasteiger charge is -2.33. The summed E-state index contributed by atoms with van der Waals surface area (Å²) in [6.07, 6.45) is 2.85. The molecule has 1 atom stereocenters. The molecule has 0 aliphatic carbocycles. The van der Waals surface area contributed by atoms with Crippen LogP contribution in [0.4, 0.5) is 5.69 Å². The molecule has 0 radical (unpaired) electrons. The van der Waals surface area contributed by atoms with E-state index in [1.165, 1.54) is 35.5 Å². The zero-order chi connectivity index (χ0) is 21.0. The maximum absolute atomic E-state index is 12.8. The fourth-order valence-corrected chi connectivity index (χ4v) is 3.31. The van der Waals surface area contributed by atoms with Crippen molar-refractivity contribution >= 4 is 11.7 Å². The highest BCUT2D eigenvalue weighted by molar-refractivity contribution is 5.91. The summed E-state index contributed by atoms with van der Waals surface area (Å²) in [5.74, 6) is -0.603. The summed E-state index contributed by atoms with van der Waals surface area (Å²) >= 11 is 0. The van der Waals surface area contributed by atoms with Gasteiger partial charge >= 0.3 is 5.97 Å². The van der Waals surface area contributed by atoms with Crippen molar-refractivity contribution in [3.05, 3.63) is 82.4 Å². The number of esters is 1. The smallest absolute Gasteiger partial charge is 0.338 e. The number of nitrogens with zero attached hydrogens (tertiary/aromatic N) is 4. The predicted molar refractivity (Wildman–Crippen MR) is 107 cm³/mol. The third kappa shape index (κ3) is 4.16. The fourth-order valence-electron chi connectivity index (χ4n) is 3.31. The van der Waals surface area contributed by atoms with E-state index in [1.807, 2.05) is 51.1 Å². The van der Waals surface area contributed by atoms with Crippen LogP contribution < -0.4 is 0 Å².